The van der Waals surface area contributed by atoms with E-state index in [-0.39, 0.29) is 44.6 Å². The number of benzene rings is 3. The molecule has 0 amide bonds. The molecular formula is C32H48N4. The fraction of sp³-hybridized carbons (Fsp3) is 0.250. The Hall–Kier alpha value is -3.92. The lowest BCUT2D eigenvalue weighted by molar-refractivity contribution is 1.43. The number of aliphatic imine (C=N–C) groups is 2. The molecule has 1 aliphatic rings. The van der Waals surface area contributed by atoms with Crippen LogP contribution in [0.25, 0.3) is 0 Å². The molecule has 36 heavy (non-hydrogen) atoms. The van der Waals surface area contributed by atoms with Crippen LogP contribution in [0.1, 0.15) is 50.1 Å². The van der Waals surface area contributed by atoms with E-state index in [1.54, 1.807) is 0 Å². The van der Waals surface area contributed by atoms with Gasteiger partial charge in [-0.3, -0.25) is 0 Å². The van der Waals surface area contributed by atoms with Crippen LogP contribution in [0.5, 0.6) is 0 Å². The Morgan fingerprint density at radius 2 is 0.806 bits per heavy atom. The lowest BCUT2D eigenvalue weighted by atomic mass is 10.1. The number of nitrogens with one attached hydrogen (secondary N) is 2. The van der Waals surface area contributed by atoms with E-state index in [0.29, 0.717) is 0 Å². The highest BCUT2D eigenvalue weighted by atomic mass is 14.9. The van der Waals surface area contributed by atoms with Crippen molar-refractivity contribution >= 4 is 39.9 Å². The van der Waals surface area contributed by atoms with E-state index in [1.165, 1.54) is 5.56 Å². The molecule has 3 aromatic rings. The summed E-state index contributed by atoms with van der Waals surface area (Å²) in [6.07, 6.45) is 7.96. The summed E-state index contributed by atoms with van der Waals surface area (Å²) in [7, 11) is 1.91. The van der Waals surface area contributed by atoms with Crippen LogP contribution in [0.15, 0.2) is 107 Å². The second-order valence-electron chi connectivity index (χ2n) is 7.07. The van der Waals surface area contributed by atoms with E-state index in [9.17, 15) is 0 Å². The molecule has 4 heteroatoms. The second-order valence-corrected chi connectivity index (χ2v) is 7.07. The number of allylic oxidation sites excluding steroid dienone is 4. The zero-order valence-electron chi connectivity index (χ0n) is 17.1. The molecule has 0 radical (unpaired) electrons. The SMILES string of the molecule is C.C.C.C.C.C.CNc1ccc(Nc2ccc(N=C3C=CC(=Nc4ccc(C)cc4)C=C3)cc2)cc1. The maximum atomic E-state index is 4.69. The average molecular weight is 489 g/mol. The third kappa shape index (κ3) is 10.1. The van der Waals surface area contributed by atoms with Crippen molar-refractivity contribution in [3.05, 3.63) is 103 Å². The summed E-state index contributed by atoms with van der Waals surface area (Å²) in [4.78, 5) is 9.33. The molecule has 0 saturated heterocycles. The summed E-state index contributed by atoms with van der Waals surface area (Å²) >= 11 is 0. The Labute approximate surface area is 221 Å². The van der Waals surface area contributed by atoms with Crippen molar-refractivity contribution in [2.75, 3.05) is 17.7 Å². The number of anilines is 3. The van der Waals surface area contributed by atoms with E-state index in [0.717, 1.165) is 39.9 Å². The first kappa shape index (κ1) is 36.6. The van der Waals surface area contributed by atoms with Crippen LogP contribution in [-0.4, -0.2) is 18.5 Å². The van der Waals surface area contributed by atoms with Gasteiger partial charge in [-0.2, -0.15) is 0 Å². The molecule has 0 spiro atoms. The van der Waals surface area contributed by atoms with Gasteiger partial charge in [-0.05, 0) is 91.9 Å². The maximum absolute atomic E-state index is 4.69. The van der Waals surface area contributed by atoms with Gasteiger partial charge in [0.25, 0.3) is 0 Å². The van der Waals surface area contributed by atoms with E-state index >= 15 is 0 Å². The smallest absolute Gasteiger partial charge is 0.0638 e. The molecule has 1 aliphatic carbocycles. The van der Waals surface area contributed by atoms with Crippen LogP contribution in [0.3, 0.4) is 0 Å². The van der Waals surface area contributed by atoms with Gasteiger partial charge in [-0.25, -0.2) is 9.98 Å². The Kier molecular flexibility index (Phi) is 17.8. The van der Waals surface area contributed by atoms with Gasteiger partial charge in [0.15, 0.2) is 0 Å². The Morgan fingerprint density at radius 3 is 1.19 bits per heavy atom. The Morgan fingerprint density at radius 1 is 0.472 bits per heavy atom. The third-order valence-electron chi connectivity index (χ3n) is 4.73. The zero-order chi connectivity index (χ0) is 20.8. The predicted octanol–water partition coefficient (Wildman–Crippen LogP) is 10.6. The Balaban J connectivity index is -0.00000181. The quantitative estimate of drug-likeness (QED) is 0.351. The molecule has 0 atom stereocenters. The molecule has 0 aromatic heterocycles. The van der Waals surface area contributed by atoms with E-state index in [4.69, 9.17) is 4.99 Å². The number of rotatable bonds is 5. The summed E-state index contributed by atoms with van der Waals surface area (Å²) in [5.41, 5.74) is 8.08. The molecule has 0 unspecified atom stereocenters. The zero-order valence-corrected chi connectivity index (χ0v) is 17.1. The highest BCUT2D eigenvalue weighted by Crippen LogP contribution is 2.22. The van der Waals surface area contributed by atoms with Crippen LogP contribution in [0.4, 0.5) is 28.4 Å². The minimum absolute atomic E-state index is 0. The fourth-order valence-electron chi connectivity index (χ4n) is 3.03. The lowest BCUT2D eigenvalue weighted by Crippen LogP contribution is -1.99. The molecule has 4 rings (SSSR count). The first-order valence-corrected chi connectivity index (χ1v) is 9.93. The van der Waals surface area contributed by atoms with Gasteiger partial charge in [-0.1, -0.05) is 62.3 Å². The van der Waals surface area contributed by atoms with Gasteiger partial charge < -0.3 is 10.6 Å². The minimum atomic E-state index is 0. The van der Waals surface area contributed by atoms with Crippen molar-refractivity contribution in [3.8, 4) is 0 Å². The third-order valence-corrected chi connectivity index (χ3v) is 4.73. The van der Waals surface area contributed by atoms with Crippen molar-refractivity contribution in [1.82, 2.24) is 0 Å². The fourth-order valence-corrected chi connectivity index (χ4v) is 3.03. The van der Waals surface area contributed by atoms with Crippen molar-refractivity contribution < 1.29 is 0 Å². The van der Waals surface area contributed by atoms with Gasteiger partial charge in [0.2, 0.25) is 0 Å². The molecule has 0 saturated carbocycles. The normalized spacial score (nSPS) is 10.5. The van der Waals surface area contributed by atoms with Crippen molar-refractivity contribution in [2.45, 2.75) is 51.5 Å². The molecule has 0 aliphatic heterocycles. The summed E-state index contributed by atoms with van der Waals surface area (Å²) in [5.74, 6) is 0. The molecule has 196 valence electrons. The summed E-state index contributed by atoms with van der Waals surface area (Å²) in [6.45, 7) is 2.07. The van der Waals surface area contributed by atoms with Crippen molar-refractivity contribution in [3.63, 3.8) is 0 Å². The molecule has 0 heterocycles. The Bertz CT molecular complexity index is 1100. The van der Waals surface area contributed by atoms with Crippen LogP contribution in [0, 0.1) is 6.92 Å². The highest BCUT2D eigenvalue weighted by molar-refractivity contribution is 6.19. The van der Waals surface area contributed by atoms with Gasteiger partial charge in [0.1, 0.15) is 0 Å². The van der Waals surface area contributed by atoms with E-state index < -0.39 is 0 Å². The van der Waals surface area contributed by atoms with Crippen molar-refractivity contribution in [2.24, 2.45) is 9.98 Å². The maximum Gasteiger partial charge on any atom is 0.0638 e. The highest BCUT2D eigenvalue weighted by Gasteiger charge is 2.01. The average Bonchev–Trinajstić information content (AvgIpc) is 2.78. The predicted molar refractivity (Wildman–Crippen MR) is 170 cm³/mol. The molecule has 0 bridgehead atoms. The van der Waals surface area contributed by atoms with E-state index in [1.807, 2.05) is 92.0 Å². The van der Waals surface area contributed by atoms with Gasteiger partial charge in [0, 0.05) is 24.1 Å². The first-order valence-electron chi connectivity index (χ1n) is 9.93. The molecule has 4 nitrogen and oxygen atoms in total. The molecular weight excluding hydrogens is 440 g/mol. The van der Waals surface area contributed by atoms with Gasteiger partial charge in [0.05, 0.1) is 22.8 Å². The minimum Gasteiger partial charge on any atom is -0.388 e. The molecule has 3 aromatic carbocycles. The summed E-state index contributed by atoms with van der Waals surface area (Å²) in [5, 5.41) is 6.52. The van der Waals surface area contributed by atoms with Gasteiger partial charge >= 0.3 is 0 Å². The van der Waals surface area contributed by atoms with E-state index in [2.05, 4.69) is 34.7 Å². The van der Waals surface area contributed by atoms with Crippen molar-refractivity contribution in [1.29, 1.82) is 0 Å². The summed E-state index contributed by atoms with van der Waals surface area (Å²) in [6, 6.07) is 24.5. The van der Waals surface area contributed by atoms with Crippen LogP contribution in [0.2, 0.25) is 0 Å². The lowest BCUT2D eigenvalue weighted by Gasteiger charge is -2.08. The van der Waals surface area contributed by atoms with Crippen LogP contribution >= 0.6 is 0 Å². The summed E-state index contributed by atoms with van der Waals surface area (Å²) < 4.78 is 0. The topological polar surface area (TPSA) is 48.8 Å². The largest absolute Gasteiger partial charge is 0.388 e. The van der Waals surface area contributed by atoms with Gasteiger partial charge in [-0.15, -0.1) is 0 Å². The van der Waals surface area contributed by atoms with Crippen LogP contribution < -0.4 is 10.6 Å². The molecule has 2 N–H and O–H groups in total. The standard InChI is InChI=1S/C26H24N4.6CH4/c1-19-3-5-21(6-4-19)28-23-11-13-25(14-12-23)30-26-17-15-24(16-18-26)29-22-9-7-20(27-2)8-10-22;;;;;;/h3-18,27,29H,1-2H3;6*1H4. The number of nitrogens with zero attached hydrogens (tertiary/aromatic N) is 2. The second kappa shape index (κ2) is 17.5. The van der Waals surface area contributed by atoms with Crippen LogP contribution in [-0.2, 0) is 0 Å². The number of hydrogen-bond donors (Lipinski definition) is 2. The monoisotopic (exact) mass is 488 g/mol. The number of aryl methyl sites for hydroxylation is 1. The number of hydrogen-bond acceptors (Lipinski definition) is 4. The first-order chi connectivity index (χ1) is 14.7. The molecule has 0 fully saturated rings.